The Morgan fingerprint density at radius 2 is 2.05 bits per heavy atom. The Bertz CT molecular complexity index is 601. The van der Waals surface area contributed by atoms with E-state index in [1.165, 1.54) is 4.31 Å². The van der Waals surface area contributed by atoms with Gasteiger partial charge in [-0.05, 0) is 17.7 Å². The number of aliphatic carboxylic acids is 1. The average Bonchev–Trinajstić information content (AvgIpc) is 2.46. The van der Waals surface area contributed by atoms with Crippen LogP contribution in [0.5, 0.6) is 0 Å². The molecule has 1 aliphatic rings. The van der Waals surface area contributed by atoms with Gasteiger partial charge in [0.1, 0.15) is 0 Å². The van der Waals surface area contributed by atoms with E-state index in [9.17, 15) is 13.2 Å². The van der Waals surface area contributed by atoms with Crippen molar-refractivity contribution in [3.8, 4) is 0 Å². The molecule has 1 fully saturated rings. The highest BCUT2D eigenvalue weighted by Crippen LogP contribution is 2.25. The van der Waals surface area contributed by atoms with Gasteiger partial charge >= 0.3 is 5.97 Å². The molecule has 6 nitrogen and oxygen atoms in total. The highest BCUT2D eigenvalue weighted by Gasteiger charge is 2.30. The molecule has 2 rings (SSSR count). The van der Waals surface area contributed by atoms with Gasteiger partial charge in [0.2, 0.25) is 10.0 Å². The highest BCUT2D eigenvalue weighted by molar-refractivity contribution is 7.89. The Kier molecular flexibility index (Phi) is 5.21. The van der Waals surface area contributed by atoms with Crippen molar-refractivity contribution in [2.45, 2.75) is 12.5 Å². The van der Waals surface area contributed by atoms with Crippen LogP contribution < -0.4 is 0 Å². The molecule has 1 aromatic carbocycles. The molecule has 8 heteroatoms. The molecule has 0 bridgehead atoms. The Balaban J connectivity index is 2.06. The molecule has 1 saturated heterocycles. The lowest BCUT2D eigenvalue weighted by Crippen LogP contribution is -2.43. The van der Waals surface area contributed by atoms with Crippen LogP contribution in [0.1, 0.15) is 18.1 Å². The van der Waals surface area contributed by atoms with E-state index in [2.05, 4.69) is 0 Å². The number of halogens is 1. The first-order chi connectivity index (χ1) is 9.88. The number of sulfonamides is 1. The Hall–Kier alpha value is -1.15. The van der Waals surface area contributed by atoms with E-state index in [1.54, 1.807) is 24.3 Å². The number of hydrogen-bond acceptors (Lipinski definition) is 4. The van der Waals surface area contributed by atoms with Gasteiger partial charge in [-0.2, -0.15) is 4.31 Å². The maximum absolute atomic E-state index is 12.1. The van der Waals surface area contributed by atoms with Gasteiger partial charge in [0.05, 0.1) is 24.9 Å². The molecule has 1 atom stereocenters. The van der Waals surface area contributed by atoms with Crippen molar-refractivity contribution < 1.29 is 23.1 Å². The predicted octanol–water partition coefficient (Wildman–Crippen LogP) is 1.52. The topological polar surface area (TPSA) is 83.9 Å². The summed E-state index contributed by atoms with van der Waals surface area (Å²) in [5.41, 5.74) is 0.845. The summed E-state index contributed by atoms with van der Waals surface area (Å²) in [6.07, 6.45) is -0.763. The fourth-order valence-electron chi connectivity index (χ4n) is 2.10. The quantitative estimate of drug-likeness (QED) is 0.883. The second-order valence-corrected chi connectivity index (χ2v) is 7.25. The lowest BCUT2D eigenvalue weighted by molar-refractivity contribution is -0.136. The lowest BCUT2D eigenvalue weighted by atomic mass is 10.1. The normalized spacial score (nSPS) is 20.3. The smallest absolute Gasteiger partial charge is 0.304 e. The van der Waals surface area contributed by atoms with Gasteiger partial charge in [-0.3, -0.25) is 4.79 Å². The van der Waals surface area contributed by atoms with Crippen molar-refractivity contribution in [2.24, 2.45) is 0 Å². The van der Waals surface area contributed by atoms with Crippen LogP contribution in [0.3, 0.4) is 0 Å². The van der Waals surface area contributed by atoms with E-state index in [-0.39, 0.29) is 25.8 Å². The largest absolute Gasteiger partial charge is 0.481 e. The summed E-state index contributed by atoms with van der Waals surface area (Å²) in [5, 5.41) is 9.21. The number of morpholine rings is 1. The zero-order chi connectivity index (χ0) is 15.5. The van der Waals surface area contributed by atoms with Crippen molar-refractivity contribution in [1.82, 2.24) is 4.31 Å². The molecule has 0 radical (unpaired) electrons. The summed E-state index contributed by atoms with van der Waals surface area (Å²) >= 11 is 5.82. The first-order valence-electron chi connectivity index (χ1n) is 6.45. The molecule has 1 heterocycles. The SMILES string of the molecule is O=C(O)CCS(=O)(=O)N1CCOC(c2ccc(Cl)cc2)C1. The average molecular weight is 334 g/mol. The number of carbonyl (C=O) groups is 1. The summed E-state index contributed by atoms with van der Waals surface area (Å²) < 4.78 is 31.1. The van der Waals surface area contributed by atoms with Gasteiger partial charge in [0.15, 0.2) is 0 Å². The predicted molar refractivity (Wildman–Crippen MR) is 77.8 cm³/mol. The number of carboxylic acids is 1. The van der Waals surface area contributed by atoms with Crippen molar-refractivity contribution >= 4 is 27.6 Å². The number of hydrogen-bond donors (Lipinski definition) is 1. The van der Waals surface area contributed by atoms with Crippen molar-refractivity contribution in [2.75, 3.05) is 25.4 Å². The molecule has 116 valence electrons. The Labute approximate surface area is 128 Å². The maximum Gasteiger partial charge on any atom is 0.304 e. The van der Waals surface area contributed by atoms with Gasteiger partial charge in [-0.1, -0.05) is 23.7 Å². The van der Waals surface area contributed by atoms with Crippen LogP contribution in [-0.2, 0) is 19.6 Å². The van der Waals surface area contributed by atoms with E-state index in [1.807, 2.05) is 0 Å². The standard InChI is InChI=1S/C13H16ClNO5S/c14-11-3-1-10(2-4-11)12-9-15(6-7-20-12)21(18,19)8-5-13(16)17/h1-4,12H,5-9H2,(H,16,17). The third kappa shape index (κ3) is 4.41. The molecule has 0 saturated carbocycles. The van der Waals surface area contributed by atoms with Gasteiger partial charge < -0.3 is 9.84 Å². The van der Waals surface area contributed by atoms with E-state index in [4.69, 9.17) is 21.4 Å². The van der Waals surface area contributed by atoms with Crippen LogP contribution in [0.2, 0.25) is 5.02 Å². The third-order valence-corrected chi connectivity index (χ3v) is 5.33. The van der Waals surface area contributed by atoms with E-state index >= 15 is 0 Å². The lowest BCUT2D eigenvalue weighted by Gasteiger charge is -2.32. The monoisotopic (exact) mass is 333 g/mol. The first-order valence-corrected chi connectivity index (χ1v) is 8.44. The van der Waals surface area contributed by atoms with Crippen molar-refractivity contribution in [3.05, 3.63) is 34.9 Å². The molecule has 1 unspecified atom stereocenters. The summed E-state index contributed by atoms with van der Waals surface area (Å²) in [7, 11) is -3.58. The van der Waals surface area contributed by atoms with Crippen LogP contribution >= 0.6 is 11.6 Å². The second kappa shape index (κ2) is 6.74. The van der Waals surface area contributed by atoms with Crippen LogP contribution in [0, 0.1) is 0 Å². The minimum atomic E-state index is -3.58. The van der Waals surface area contributed by atoms with E-state index in [0.717, 1.165) is 5.56 Å². The summed E-state index contributed by atoms with van der Waals surface area (Å²) in [5.74, 6) is -1.52. The molecule has 1 N–H and O–H groups in total. The van der Waals surface area contributed by atoms with Crippen LogP contribution in [0.15, 0.2) is 24.3 Å². The van der Waals surface area contributed by atoms with Gasteiger partial charge in [0.25, 0.3) is 0 Å². The van der Waals surface area contributed by atoms with Crippen LogP contribution in [0.4, 0.5) is 0 Å². The number of carboxylic acid groups (broad SMARTS) is 1. The Morgan fingerprint density at radius 3 is 2.67 bits per heavy atom. The number of benzene rings is 1. The molecule has 0 aliphatic carbocycles. The third-order valence-electron chi connectivity index (χ3n) is 3.24. The van der Waals surface area contributed by atoms with Crippen LogP contribution in [0.25, 0.3) is 0 Å². The molecule has 0 aromatic heterocycles. The fourth-order valence-corrected chi connectivity index (χ4v) is 3.63. The number of rotatable bonds is 5. The molecule has 0 spiro atoms. The zero-order valence-electron chi connectivity index (χ0n) is 11.2. The minimum Gasteiger partial charge on any atom is -0.481 e. The Morgan fingerprint density at radius 1 is 1.38 bits per heavy atom. The zero-order valence-corrected chi connectivity index (χ0v) is 12.8. The summed E-state index contributed by atoms with van der Waals surface area (Å²) in [4.78, 5) is 10.5. The highest BCUT2D eigenvalue weighted by atomic mass is 35.5. The summed E-state index contributed by atoms with van der Waals surface area (Å²) in [6.45, 7) is 0.704. The molecule has 1 aromatic rings. The molecule has 21 heavy (non-hydrogen) atoms. The number of ether oxygens (including phenoxy) is 1. The summed E-state index contributed by atoms with van der Waals surface area (Å²) in [6, 6.07) is 7.02. The van der Waals surface area contributed by atoms with E-state index < -0.39 is 28.2 Å². The van der Waals surface area contributed by atoms with Gasteiger partial charge in [-0.25, -0.2) is 8.42 Å². The molecule has 0 amide bonds. The molecular formula is C13H16ClNO5S. The second-order valence-electron chi connectivity index (χ2n) is 4.73. The van der Waals surface area contributed by atoms with Gasteiger partial charge in [-0.15, -0.1) is 0 Å². The van der Waals surface area contributed by atoms with Crippen LogP contribution in [-0.4, -0.2) is 49.2 Å². The van der Waals surface area contributed by atoms with Crippen molar-refractivity contribution in [1.29, 1.82) is 0 Å². The molecule has 1 aliphatic heterocycles. The minimum absolute atomic E-state index is 0.184. The molecular weight excluding hydrogens is 318 g/mol. The van der Waals surface area contributed by atoms with E-state index in [0.29, 0.717) is 5.02 Å². The first kappa shape index (κ1) is 16.2. The maximum atomic E-state index is 12.1. The fraction of sp³-hybridized carbons (Fsp3) is 0.462. The number of nitrogens with zero attached hydrogens (tertiary/aromatic N) is 1. The van der Waals surface area contributed by atoms with Gasteiger partial charge in [0, 0.05) is 18.1 Å². The van der Waals surface area contributed by atoms with Crippen molar-refractivity contribution in [3.63, 3.8) is 0 Å².